The number of hydrogen-bond donors (Lipinski definition) is 1. The molecule has 0 saturated carbocycles. The van der Waals surface area contributed by atoms with E-state index < -0.39 is 16.8 Å². The number of thiophene rings is 1. The van der Waals surface area contributed by atoms with Gasteiger partial charge in [0.2, 0.25) is 0 Å². The van der Waals surface area contributed by atoms with Crippen molar-refractivity contribution in [3.63, 3.8) is 0 Å². The van der Waals surface area contributed by atoms with E-state index in [-0.39, 0.29) is 16.8 Å². The Morgan fingerprint density at radius 1 is 1.10 bits per heavy atom. The second-order valence-electron chi connectivity index (χ2n) is 6.44. The van der Waals surface area contributed by atoms with Gasteiger partial charge in [-0.25, -0.2) is 4.79 Å². The number of anilines is 1. The second kappa shape index (κ2) is 9.40. The van der Waals surface area contributed by atoms with Crippen molar-refractivity contribution >= 4 is 33.9 Å². The van der Waals surface area contributed by atoms with Crippen LogP contribution in [0.5, 0.6) is 5.75 Å². The fraction of sp³-hybridized carbons (Fsp3) is 0.182. The summed E-state index contributed by atoms with van der Waals surface area (Å²) in [4.78, 5) is 36.4. The third kappa shape index (κ3) is 4.72. The van der Waals surface area contributed by atoms with Crippen molar-refractivity contribution in [2.75, 3.05) is 19.0 Å². The number of rotatable bonds is 7. The van der Waals surface area contributed by atoms with E-state index in [4.69, 9.17) is 9.47 Å². The number of amides is 1. The lowest BCUT2D eigenvalue weighted by Gasteiger charge is -2.09. The molecule has 2 aromatic carbocycles. The Labute approximate surface area is 182 Å². The zero-order valence-corrected chi connectivity index (χ0v) is 17.9. The van der Waals surface area contributed by atoms with Crippen LogP contribution in [0.15, 0.2) is 48.5 Å². The standard InChI is InChI=1S/C22H20N2O6S/c1-4-30-17-11-7-14(8-12-17)18-13(2)31-21(19(18)22(26)29-3)23-20(25)15-5-9-16(10-6-15)24(27)28/h5-12H,4H2,1-3H3,(H,23,25). The Kier molecular flexibility index (Phi) is 6.66. The first-order valence-electron chi connectivity index (χ1n) is 9.36. The van der Waals surface area contributed by atoms with Crippen molar-refractivity contribution in [1.82, 2.24) is 0 Å². The van der Waals surface area contributed by atoms with Crippen LogP contribution in [0.4, 0.5) is 10.7 Å². The number of hydrogen-bond acceptors (Lipinski definition) is 7. The van der Waals surface area contributed by atoms with E-state index >= 15 is 0 Å². The number of benzene rings is 2. The zero-order valence-electron chi connectivity index (χ0n) is 17.1. The molecule has 3 rings (SSSR count). The summed E-state index contributed by atoms with van der Waals surface area (Å²) in [5, 5.41) is 13.9. The highest BCUT2D eigenvalue weighted by Gasteiger charge is 2.25. The van der Waals surface area contributed by atoms with E-state index in [1.165, 1.54) is 42.7 Å². The molecule has 0 radical (unpaired) electrons. The van der Waals surface area contributed by atoms with Crippen LogP contribution in [0.25, 0.3) is 11.1 Å². The molecule has 0 saturated heterocycles. The molecule has 9 heteroatoms. The number of carbonyl (C=O) groups excluding carboxylic acids is 2. The highest BCUT2D eigenvalue weighted by molar-refractivity contribution is 7.17. The molecule has 1 N–H and O–H groups in total. The Balaban J connectivity index is 1.97. The molecular formula is C22H20N2O6S. The molecule has 8 nitrogen and oxygen atoms in total. The summed E-state index contributed by atoms with van der Waals surface area (Å²) in [6, 6.07) is 12.5. The monoisotopic (exact) mass is 440 g/mol. The highest BCUT2D eigenvalue weighted by atomic mass is 32.1. The van der Waals surface area contributed by atoms with Gasteiger partial charge in [-0.15, -0.1) is 11.3 Å². The fourth-order valence-corrected chi connectivity index (χ4v) is 4.13. The maximum absolute atomic E-state index is 12.7. The van der Waals surface area contributed by atoms with Crippen molar-refractivity contribution in [3.05, 3.63) is 74.6 Å². The molecule has 0 aliphatic rings. The molecule has 31 heavy (non-hydrogen) atoms. The summed E-state index contributed by atoms with van der Waals surface area (Å²) in [6.07, 6.45) is 0. The third-order valence-corrected chi connectivity index (χ3v) is 5.52. The van der Waals surface area contributed by atoms with Crippen LogP contribution < -0.4 is 10.1 Å². The molecule has 0 aliphatic heterocycles. The van der Waals surface area contributed by atoms with E-state index in [0.717, 1.165) is 10.4 Å². The normalized spacial score (nSPS) is 10.4. The number of nitro benzene ring substituents is 1. The summed E-state index contributed by atoms with van der Waals surface area (Å²) in [5.74, 6) is -0.350. The van der Waals surface area contributed by atoms with Gasteiger partial charge in [0.15, 0.2) is 0 Å². The number of methoxy groups -OCH3 is 1. The Morgan fingerprint density at radius 2 is 1.74 bits per heavy atom. The van der Waals surface area contributed by atoms with Gasteiger partial charge in [0.05, 0.1) is 18.6 Å². The van der Waals surface area contributed by atoms with Gasteiger partial charge < -0.3 is 14.8 Å². The number of esters is 1. The van der Waals surface area contributed by atoms with Crippen LogP contribution in [0.2, 0.25) is 0 Å². The maximum Gasteiger partial charge on any atom is 0.341 e. The van der Waals surface area contributed by atoms with Crippen molar-refractivity contribution < 1.29 is 24.0 Å². The molecule has 3 aromatic rings. The van der Waals surface area contributed by atoms with Crippen molar-refractivity contribution in [2.45, 2.75) is 13.8 Å². The Bertz CT molecular complexity index is 1120. The molecule has 160 valence electrons. The molecule has 0 bridgehead atoms. The van der Waals surface area contributed by atoms with Gasteiger partial charge in [0, 0.05) is 28.1 Å². The topological polar surface area (TPSA) is 108 Å². The summed E-state index contributed by atoms with van der Waals surface area (Å²) in [5.41, 5.74) is 1.82. The molecular weight excluding hydrogens is 420 g/mol. The second-order valence-corrected chi connectivity index (χ2v) is 7.67. The highest BCUT2D eigenvalue weighted by Crippen LogP contribution is 2.41. The first kappa shape index (κ1) is 22.0. The lowest BCUT2D eigenvalue weighted by Crippen LogP contribution is -2.14. The number of nitrogens with zero attached hydrogens (tertiary/aromatic N) is 1. The van der Waals surface area contributed by atoms with Gasteiger partial charge >= 0.3 is 5.97 Å². The Hall–Kier alpha value is -3.72. The summed E-state index contributed by atoms with van der Waals surface area (Å²) in [6.45, 7) is 4.29. The van der Waals surface area contributed by atoms with E-state index in [9.17, 15) is 19.7 Å². The minimum atomic E-state index is -0.577. The number of nitro groups is 1. The number of carbonyl (C=O) groups is 2. The lowest BCUT2D eigenvalue weighted by atomic mass is 10.0. The van der Waals surface area contributed by atoms with Crippen LogP contribution in [0.3, 0.4) is 0 Å². The largest absolute Gasteiger partial charge is 0.494 e. The molecule has 1 heterocycles. The van der Waals surface area contributed by atoms with Gasteiger partial charge in [-0.3, -0.25) is 14.9 Å². The molecule has 0 unspecified atom stereocenters. The van der Waals surface area contributed by atoms with E-state index in [2.05, 4.69) is 5.32 Å². The number of ether oxygens (including phenoxy) is 2. The van der Waals surface area contributed by atoms with Crippen LogP contribution in [-0.2, 0) is 4.74 Å². The number of aryl methyl sites for hydroxylation is 1. The summed E-state index contributed by atoms with van der Waals surface area (Å²) < 4.78 is 10.4. The van der Waals surface area contributed by atoms with Gasteiger partial charge in [0.25, 0.3) is 11.6 Å². The summed E-state index contributed by atoms with van der Waals surface area (Å²) in [7, 11) is 1.28. The Morgan fingerprint density at radius 3 is 2.29 bits per heavy atom. The first-order valence-corrected chi connectivity index (χ1v) is 10.2. The van der Waals surface area contributed by atoms with Crippen molar-refractivity contribution in [1.29, 1.82) is 0 Å². The number of nitrogens with one attached hydrogen (secondary N) is 1. The smallest absolute Gasteiger partial charge is 0.341 e. The van der Waals surface area contributed by atoms with E-state index in [0.29, 0.717) is 22.9 Å². The number of non-ortho nitro benzene ring substituents is 1. The van der Waals surface area contributed by atoms with Crippen LogP contribution in [0, 0.1) is 17.0 Å². The first-order chi connectivity index (χ1) is 14.8. The predicted octanol–water partition coefficient (Wildman–Crippen LogP) is 5.07. The van der Waals surface area contributed by atoms with Gasteiger partial charge in [-0.2, -0.15) is 0 Å². The van der Waals surface area contributed by atoms with Crippen molar-refractivity contribution in [2.24, 2.45) is 0 Å². The summed E-state index contributed by atoms with van der Waals surface area (Å²) >= 11 is 1.25. The van der Waals surface area contributed by atoms with E-state index in [1.807, 2.05) is 38.1 Å². The van der Waals surface area contributed by atoms with Crippen LogP contribution in [0.1, 0.15) is 32.5 Å². The fourth-order valence-electron chi connectivity index (χ4n) is 3.07. The zero-order chi connectivity index (χ0) is 22.5. The minimum absolute atomic E-state index is 0.114. The minimum Gasteiger partial charge on any atom is -0.494 e. The molecule has 1 aromatic heterocycles. The van der Waals surface area contributed by atoms with Gasteiger partial charge in [0.1, 0.15) is 16.3 Å². The molecule has 1 amide bonds. The predicted molar refractivity (Wildman–Crippen MR) is 118 cm³/mol. The quantitative estimate of drug-likeness (QED) is 0.312. The maximum atomic E-state index is 12.7. The van der Waals surface area contributed by atoms with Crippen LogP contribution >= 0.6 is 11.3 Å². The molecule has 0 atom stereocenters. The van der Waals surface area contributed by atoms with E-state index in [1.54, 1.807) is 0 Å². The van der Waals surface area contributed by atoms with Gasteiger partial charge in [-0.05, 0) is 43.7 Å². The average molecular weight is 440 g/mol. The molecule has 0 aliphatic carbocycles. The van der Waals surface area contributed by atoms with Gasteiger partial charge in [-0.1, -0.05) is 12.1 Å². The lowest BCUT2D eigenvalue weighted by molar-refractivity contribution is -0.384. The molecule has 0 fully saturated rings. The SMILES string of the molecule is CCOc1ccc(-c2c(C)sc(NC(=O)c3ccc([N+](=O)[O-])cc3)c2C(=O)OC)cc1. The molecule has 0 spiro atoms. The third-order valence-electron chi connectivity index (χ3n) is 4.50. The van der Waals surface area contributed by atoms with Crippen LogP contribution in [-0.4, -0.2) is 30.5 Å². The average Bonchev–Trinajstić information content (AvgIpc) is 3.09. The van der Waals surface area contributed by atoms with Crippen molar-refractivity contribution in [3.8, 4) is 16.9 Å².